The van der Waals surface area contributed by atoms with Gasteiger partial charge in [0.15, 0.2) is 0 Å². The van der Waals surface area contributed by atoms with Crippen LogP contribution < -0.4 is 5.69 Å². The number of aryl methyl sites for hydroxylation is 2. The summed E-state index contributed by atoms with van der Waals surface area (Å²) in [6.07, 6.45) is 0. The molecule has 1 aromatic carbocycles. The SMILES string of the molecule is Cc1ccc(-n2c(=O)[nH]c3cccc(C)c32)s1. The third-order valence-electron chi connectivity index (χ3n) is 2.85. The van der Waals surface area contributed by atoms with Crippen LogP contribution >= 0.6 is 11.3 Å². The molecule has 3 aromatic rings. The molecule has 0 atom stereocenters. The summed E-state index contributed by atoms with van der Waals surface area (Å²) in [5, 5.41) is 0.966. The van der Waals surface area contributed by atoms with E-state index >= 15 is 0 Å². The molecule has 0 spiro atoms. The van der Waals surface area contributed by atoms with Crippen LogP contribution in [-0.4, -0.2) is 9.55 Å². The normalized spacial score (nSPS) is 11.2. The highest BCUT2D eigenvalue weighted by molar-refractivity contribution is 7.14. The van der Waals surface area contributed by atoms with Gasteiger partial charge in [0.1, 0.15) is 5.00 Å². The lowest BCUT2D eigenvalue weighted by Crippen LogP contribution is -2.13. The molecule has 2 heterocycles. The first-order valence-corrected chi connectivity index (χ1v) is 6.25. The monoisotopic (exact) mass is 244 g/mol. The first-order valence-electron chi connectivity index (χ1n) is 5.44. The number of aromatic nitrogens is 2. The van der Waals surface area contributed by atoms with Crippen molar-refractivity contribution in [1.82, 2.24) is 9.55 Å². The van der Waals surface area contributed by atoms with Crippen LogP contribution in [0.1, 0.15) is 10.4 Å². The molecule has 2 aromatic heterocycles. The van der Waals surface area contributed by atoms with Crippen LogP contribution in [0.25, 0.3) is 16.0 Å². The number of para-hydroxylation sites is 1. The number of imidazole rings is 1. The van der Waals surface area contributed by atoms with Crippen molar-refractivity contribution in [2.75, 3.05) is 0 Å². The molecule has 0 fully saturated rings. The van der Waals surface area contributed by atoms with Crippen molar-refractivity contribution >= 4 is 22.4 Å². The maximum atomic E-state index is 12.0. The topological polar surface area (TPSA) is 37.8 Å². The van der Waals surface area contributed by atoms with Crippen LogP contribution in [-0.2, 0) is 0 Å². The summed E-state index contributed by atoms with van der Waals surface area (Å²) in [5.74, 6) is 0. The average Bonchev–Trinajstić information content (AvgIpc) is 2.82. The van der Waals surface area contributed by atoms with Gasteiger partial charge < -0.3 is 4.98 Å². The van der Waals surface area contributed by atoms with Crippen molar-refractivity contribution in [2.45, 2.75) is 13.8 Å². The summed E-state index contributed by atoms with van der Waals surface area (Å²) in [6, 6.07) is 9.93. The molecule has 1 N–H and O–H groups in total. The van der Waals surface area contributed by atoms with Crippen molar-refractivity contribution in [3.05, 3.63) is 51.3 Å². The molecule has 0 aliphatic carbocycles. The Balaban J connectivity index is 2.43. The lowest BCUT2D eigenvalue weighted by atomic mass is 10.2. The van der Waals surface area contributed by atoms with Gasteiger partial charge in [0.25, 0.3) is 0 Å². The summed E-state index contributed by atoms with van der Waals surface area (Å²) in [6.45, 7) is 4.06. The highest BCUT2D eigenvalue weighted by atomic mass is 32.1. The number of nitrogens with one attached hydrogen (secondary N) is 1. The van der Waals surface area contributed by atoms with Crippen molar-refractivity contribution in [2.24, 2.45) is 0 Å². The predicted octanol–water partition coefficient (Wildman–Crippen LogP) is 3.00. The van der Waals surface area contributed by atoms with E-state index in [1.54, 1.807) is 15.9 Å². The lowest BCUT2D eigenvalue weighted by molar-refractivity contribution is 1.03. The van der Waals surface area contributed by atoms with Crippen LogP contribution in [0.5, 0.6) is 0 Å². The first kappa shape index (κ1) is 10.4. The summed E-state index contributed by atoms with van der Waals surface area (Å²) in [4.78, 5) is 16.1. The summed E-state index contributed by atoms with van der Waals surface area (Å²) >= 11 is 1.63. The van der Waals surface area contributed by atoms with Gasteiger partial charge in [0.05, 0.1) is 11.0 Å². The zero-order chi connectivity index (χ0) is 12.0. The Morgan fingerprint density at radius 1 is 1.18 bits per heavy atom. The van der Waals surface area contributed by atoms with Crippen molar-refractivity contribution in [3.63, 3.8) is 0 Å². The molecule has 0 bridgehead atoms. The Morgan fingerprint density at radius 3 is 2.71 bits per heavy atom. The average molecular weight is 244 g/mol. The van der Waals surface area contributed by atoms with E-state index in [1.165, 1.54) is 4.88 Å². The Hall–Kier alpha value is -1.81. The molecule has 4 heteroatoms. The number of benzene rings is 1. The van der Waals surface area contributed by atoms with Crippen molar-refractivity contribution in [1.29, 1.82) is 0 Å². The number of hydrogen-bond donors (Lipinski definition) is 1. The minimum absolute atomic E-state index is 0.0730. The zero-order valence-electron chi connectivity index (χ0n) is 9.65. The number of H-pyrrole nitrogens is 1. The molecule has 3 rings (SSSR count). The van der Waals surface area contributed by atoms with E-state index in [4.69, 9.17) is 0 Å². The molecule has 0 amide bonds. The predicted molar refractivity (Wildman–Crippen MR) is 71.2 cm³/mol. The second kappa shape index (κ2) is 3.60. The molecule has 0 aliphatic heterocycles. The fourth-order valence-corrected chi connectivity index (χ4v) is 2.95. The number of thiophene rings is 1. The van der Waals surface area contributed by atoms with Crippen LogP contribution in [0.15, 0.2) is 35.1 Å². The largest absolute Gasteiger partial charge is 0.331 e. The first-order chi connectivity index (χ1) is 8.16. The Kier molecular flexibility index (Phi) is 2.19. The Morgan fingerprint density at radius 2 is 2.00 bits per heavy atom. The highest BCUT2D eigenvalue weighted by Crippen LogP contribution is 2.24. The summed E-state index contributed by atoms with van der Waals surface area (Å²) in [7, 11) is 0. The maximum Gasteiger partial charge on any atom is 0.331 e. The standard InChI is InChI=1S/C13H12N2OS/c1-8-4-3-5-10-12(8)15(13(16)14-10)11-7-6-9(2)17-11/h3-7H,1-2H3,(H,14,16). The van der Waals surface area contributed by atoms with E-state index in [9.17, 15) is 4.79 Å². The molecule has 17 heavy (non-hydrogen) atoms. The molecular weight excluding hydrogens is 232 g/mol. The van der Waals surface area contributed by atoms with Crippen LogP contribution in [0.4, 0.5) is 0 Å². The van der Waals surface area contributed by atoms with Crippen LogP contribution in [0, 0.1) is 13.8 Å². The molecule has 86 valence electrons. The number of hydrogen-bond acceptors (Lipinski definition) is 2. The van der Waals surface area contributed by atoms with E-state index in [0.717, 1.165) is 21.6 Å². The quantitative estimate of drug-likeness (QED) is 0.702. The third kappa shape index (κ3) is 1.52. The molecular formula is C13H12N2OS. The van der Waals surface area contributed by atoms with E-state index in [2.05, 4.69) is 4.98 Å². The molecule has 3 nitrogen and oxygen atoms in total. The smallest absolute Gasteiger partial charge is 0.305 e. The van der Waals surface area contributed by atoms with Gasteiger partial charge >= 0.3 is 5.69 Å². The molecule has 0 radical (unpaired) electrons. The fraction of sp³-hybridized carbons (Fsp3) is 0.154. The van der Waals surface area contributed by atoms with Crippen LogP contribution in [0.3, 0.4) is 0 Å². The van der Waals surface area contributed by atoms with Gasteiger partial charge in [-0.25, -0.2) is 4.79 Å². The highest BCUT2D eigenvalue weighted by Gasteiger charge is 2.11. The van der Waals surface area contributed by atoms with Gasteiger partial charge in [-0.15, -0.1) is 11.3 Å². The van der Waals surface area contributed by atoms with Gasteiger partial charge in [-0.05, 0) is 37.6 Å². The maximum absolute atomic E-state index is 12.0. The molecule has 0 aliphatic rings. The molecule has 0 unspecified atom stereocenters. The third-order valence-corrected chi connectivity index (χ3v) is 3.84. The number of rotatable bonds is 1. The minimum Gasteiger partial charge on any atom is -0.305 e. The number of fused-ring (bicyclic) bond motifs is 1. The minimum atomic E-state index is -0.0730. The summed E-state index contributed by atoms with van der Waals surface area (Å²) in [5.41, 5.74) is 2.89. The van der Waals surface area contributed by atoms with E-state index < -0.39 is 0 Å². The number of aromatic amines is 1. The number of nitrogens with zero attached hydrogens (tertiary/aromatic N) is 1. The van der Waals surface area contributed by atoms with Gasteiger partial charge in [0.2, 0.25) is 0 Å². The molecule has 0 saturated heterocycles. The van der Waals surface area contributed by atoms with Crippen molar-refractivity contribution in [3.8, 4) is 5.00 Å². The van der Waals surface area contributed by atoms with Gasteiger partial charge in [-0.3, -0.25) is 4.57 Å². The van der Waals surface area contributed by atoms with Gasteiger partial charge in [0, 0.05) is 4.88 Å². The summed E-state index contributed by atoms with van der Waals surface area (Å²) < 4.78 is 1.75. The lowest BCUT2D eigenvalue weighted by Gasteiger charge is -2.01. The van der Waals surface area contributed by atoms with Gasteiger partial charge in [-0.2, -0.15) is 0 Å². The second-order valence-electron chi connectivity index (χ2n) is 4.12. The van der Waals surface area contributed by atoms with Crippen molar-refractivity contribution < 1.29 is 0 Å². The Labute approximate surface area is 102 Å². The Bertz CT molecular complexity index is 748. The van der Waals surface area contributed by atoms with E-state index in [-0.39, 0.29) is 5.69 Å². The van der Waals surface area contributed by atoms with E-state index in [0.29, 0.717) is 0 Å². The fourth-order valence-electron chi connectivity index (χ4n) is 2.08. The zero-order valence-corrected chi connectivity index (χ0v) is 10.5. The van der Waals surface area contributed by atoms with E-state index in [1.807, 2.05) is 44.2 Å². The van der Waals surface area contributed by atoms with Gasteiger partial charge in [-0.1, -0.05) is 12.1 Å². The second-order valence-corrected chi connectivity index (χ2v) is 5.39. The van der Waals surface area contributed by atoms with Crippen LogP contribution in [0.2, 0.25) is 0 Å². The molecule has 0 saturated carbocycles.